The first-order chi connectivity index (χ1) is 15.6. The Balaban J connectivity index is 1.68. The third-order valence-corrected chi connectivity index (χ3v) is 6.11. The van der Waals surface area contributed by atoms with E-state index in [1.54, 1.807) is 18.4 Å². The summed E-state index contributed by atoms with van der Waals surface area (Å²) in [5.74, 6) is -0.363. The van der Waals surface area contributed by atoms with Gasteiger partial charge in [0.05, 0.1) is 29.7 Å². The summed E-state index contributed by atoms with van der Waals surface area (Å²) in [6, 6.07) is 11.0. The second-order valence-electron chi connectivity index (χ2n) is 9.57. The van der Waals surface area contributed by atoms with Crippen molar-refractivity contribution in [3.63, 3.8) is 0 Å². The summed E-state index contributed by atoms with van der Waals surface area (Å²) in [7, 11) is 0. The molecule has 0 saturated carbocycles. The molecule has 4 rings (SSSR count). The SMILES string of the molecule is Cc1cc2oc(=O)c(CC(=O)NCC(O)c3ccccc3)c(C)c2c2occ(C(C)(C)C)c12. The van der Waals surface area contributed by atoms with Crippen molar-refractivity contribution in [3.05, 3.63) is 80.9 Å². The van der Waals surface area contributed by atoms with E-state index in [9.17, 15) is 14.7 Å². The van der Waals surface area contributed by atoms with Gasteiger partial charge in [-0.3, -0.25) is 4.79 Å². The lowest BCUT2D eigenvalue weighted by Crippen LogP contribution is -2.31. The third-order valence-electron chi connectivity index (χ3n) is 6.11. The normalized spacial score (nSPS) is 12.9. The van der Waals surface area contributed by atoms with Gasteiger partial charge in [0.2, 0.25) is 5.91 Å². The van der Waals surface area contributed by atoms with Crippen molar-refractivity contribution in [2.24, 2.45) is 0 Å². The van der Waals surface area contributed by atoms with Gasteiger partial charge in [0.15, 0.2) is 0 Å². The highest BCUT2D eigenvalue weighted by Crippen LogP contribution is 2.38. The number of hydrogen-bond donors (Lipinski definition) is 2. The maximum Gasteiger partial charge on any atom is 0.340 e. The summed E-state index contributed by atoms with van der Waals surface area (Å²) >= 11 is 0. The largest absolute Gasteiger partial charge is 0.463 e. The highest BCUT2D eigenvalue weighted by Gasteiger charge is 2.25. The van der Waals surface area contributed by atoms with Crippen LogP contribution in [0.4, 0.5) is 0 Å². The average molecular weight is 448 g/mol. The Labute approximate surface area is 192 Å². The molecule has 2 aromatic heterocycles. The zero-order valence-electron chi connectivity index (χ0n) is 19.6. The van der Waals surface area contributed by atoms with E-state index in [2.05, 4.69) is 26.1 Å². The predicted octanol–water partition coefficient (Wildman–Crippen LogP) is 4.85. The van der Waals surface area contributed by atoms with Crippen LogP contribution >= 0.6 is 0 Å². The van der Waals surface area contributed by atoms with Crippen molar-refractivity contribution >= 4 is 27.8 Å². The van der Waals surface area contributed by atoms with Crippen LogP contribution in [-0.2, 0) is 16.6 Å². The number of nitrogens with one attached hydrogen (secondary N) is 1. The number of hydrogen-bond acceptors (Lipinski definition) is 5. The Morgan fingerprint density at radius 2 is 1.82 bits per heavy atom. The van der Waals surface area contributed by atoms with Crippen LogP contribution < -0.4 is 10.9 Å². The van der Waals surface area contributed by atoms with Crippen molar-refractivity contribution in [1.82, 2.24) is 5.32 Å². The van der Waals surface area contributed by atoms with E-state index in [0.29, 0.717) is 27.7 Å². The van der Waals surface area contributed by atoms with Gasteiger partial charge in [0, 0.05) is 17.5 Å². The Kier molecular flexibility index (Phi) is 5.89. The van der Waals surface area contributed by atoms with Gasteiger partial charge < -0.3 is 19.3 Å². The Morgan fingerprint density at radius 3 is 2.48 bits per heavy atom. The predicted molar refractivity (Wildman–Crippen MR) is 129 cm³/mol. The number of carbonyl (C=O) groups excluding carboxylic acids is 1. The molecule has 172 valence electrons. The van der Waals surface area contributed by atoms with Gasteiger partial charge in [0.25, 0.3) is 0 Å². The van der Waals surface area contributed by atoms with Crippen molar-refractivity contribution < 1.29 is 18.7 Å². The van der Waals surface area contributed by atoms with Crippen LogP contribution in [0, 0.1) is 13.8 Å². The number of aliphatic hydroxyl groups is 1. The van der Waals surface area contributed by atoms with E-state index in [1.165, 1.54) is 0 Å². The standard InChI is InChI=1S/C27H29NO5/c1-15-11-21-24(25-23(15)19(14-32-25)27(3,4)5)16(2)18(26(31)33-21)12-22(30)28-13-20(29)17-9-7-6-8-10-17/h6-11,14,20,29H,12-13H2,1-5H3,(H,28,30). The van der Waals surface area contributed by atoms with Crippen LogP contribution in [0.2, 0.25) is 0 Å². The summed E-state index contributed by atoms with van der Waals surface area (Å²) in [6.45, 7) is 10.2. The minimum absolute atomic E-state index is 0.0530. The molecule has 0 spiro atoms. The summed E-state index contributed by atoms with van der Waals surface area (Å²) in [5, 5.41) is 14.7. The summed E-state index contributed by atoms with van der Waals surface area (Å²) < 4.78 is 11.6. The van der Waals surface area contributed by atoms with Crippen LogP contribution in [0.5, 0.6) is 0 Å². The summed E-state index contributed by atoms with van der Waals surface area (Å²) in [6.07, 6.45) is 0.790. The summed E-state index contributed by atoms with van der Waals surface area (Å²) in [4.78, 5) is 25.4. The first kappa shape index (κ1) is 22.8. The van der Waals surface area contributed by atoms with E-state index in [-0.39, 0.29) is 29.9 Å². The molecule has 0 fully saturated rings. The van der Waals surface area contributed by atoms with Gasteiger partial charge in [-0.2, -0.15) is 0 Å². The first-order valence-corrected chi connectivity index (χ1v) is 11.0. The van der Waals surface area contributed by atoms with Crippen LogP contribution in [-0.4, -0.2) is 17.6 Å². The number of benzene rings is 2. The van der Waals surface area contributed by atoms with Crippen molar-refractivity contribution in [2.45, 2.75) is 52.6 Å². The molecule has 0 bridgehead atoms. The van der Waals surface area contributed by atoms with E-state index >= 15 is 0 Å². The fourth-order valence-corrected chi connectivity index (χ4v) is 4.27. The van der Waals surface area contributed by atoms with Crippen molar-refractivity contribution in [3.8, 4) is 0 Å². The summed E-state index contributed by atoms with van der Waals surface area (Å²) in [5.41, 5.74) is 4.17. The fraction of sp³-hybridized carbons (Fsp3) is 0.333. The molecule has 33 heavy (non-hydrogen) atoms. The zero-order chi connectivity index (χ0) is 23.9. The molecule has 0 aliphatic carbocycles. The maximum absolute atomic E-state index is 12.7. The molecule has 1 amide bonds. The lowest BCUT2D eigenvalue weighted by atomic mass is 9.85. The van der Waals surface area contributed by atoms with E-state index < -0.39 is 11.7 Å². The second-order valence-corrected chi connectivity index (χ2v) is 9.57. The molecule has 4 aromatic rings. The number of fused-ring (bicyclic) bond motifs is 3. The third kappa shape index (κ3) is 4.31. The molecule has 2 aromatic carbocycles. The first-order valence-electron chi connectivity index (χ1n) is 11.0. The van der Waals surface area contributed by atoms with Crippen LogP contribution in [0.25, 0.3) is 21.9 Å². The number of rotatable bonds is 5. The molecular weight excluding hydrogens is 418 g/mol. The highest BCUT2D eigenvalue weighted by molar-refractivity contribution is 6.07. The van der Waals surface area contributed by atoms with Crippen LogP contribution in [0.3, 0.4) is 0 Å². The smallest absolute Gasteiger partial charge is 0.340 e. The number of aryl methyl sites for hydroxylation is 2. The molecule has 2 heterocycles. The van der Waals surface area contributed by atoms with Gasteiger partial charge in [0.1, 0.15) is 11.2 Å². The van der Waals surface area contributed by atoms with E-state index in [1.807, 2.05) is 38.1 Å². The van der Waals surface area contributed by atoms with Crippen molar-refractivity contribution in [2.75, 3.05) is 6.54 Å². The van der Waals surface area contributed by atoms with Gasteiger partial charge in [-0.1, -0.05) is 51.1 Å². The number of aliphatic hydroxyl groups excluding tert-OH is 1. The van der Waals surface area contributed by atoms with Crippen LogP contribution in [0.15, 0.2) is 56.3 Å². The Bertz CT molecular complexity index is 1390. The molecule has 6 nitrogen and oxygen atoms in total. The molecule has 0 aliphatic heterocycles. The molecule has 2 N–H and O–H groups in total. The fourth-order valence-electron chi connectivity index (χ4n) is 4.27. The van der Waals surface area contributed by atoms with Gasteiger partial charge in [-0.05, 0) is 42.0 Å². The minimum Gasteiger partial charge on any atom is -0.463 e. The van der Waals surface area contributed by atoms with E-state index in [0.717, 1.165) is 16.5 Å². The number of carbonyl (C=O) groups is 1. The number of amides is 1. The monoisotopic (exact) mass is 447 g/mol. The quantitative estimate of drug-likeness (QED) is 0.427. The molecule has 0 saturated heterocycles. The maximum atomic E-state index is 12.7. The van der Waals surface area contributed by atoms with Gasteiger partial charge in [-0.25, -0.2) is 4.79 Å². The Hall–Kier alpha value is -3.38. The van der Waals surface area contributed by atoms with Crippen molar-refractivity contribution in [1.29, 1.82) is 0 Å². The van der Waals surface area contributed by atoms with Gasteiger partial charge in [-0.15, -0.1) is 0 Å². The molecular formula is C27H29NO5. The average Bonchev–Trinajstić information content (AvgIpc) is 3.21. The minimum atomic E-state index is -0.828. The van der Waals surface area contributed by atoms with E-state index in [4.69, 9.17) is 8.83 Å². The number of furan rings is 1. The highest BCUT2D eigenvalue weighted by atomic mass is 16.4. The molecule has 0 radical (unpaired) electrons. The topological polar surface area (TPSA) is 92.7 Å². The molecule has 0 aliphatic rings. The Morgan fingerprint density at radius 1 is 1.12 bits per heavy atom. The van der Waals surface area contributed by atoms with Gasteiger partial charge >= 0.3 is 5.63 Å². The lowest BCUT2D eigenvalue weighted by molar-refractivity contribution is -0.120. The van der Waals surface area contributed by atoms with Crippen LogP contribution in [0.1, 0.15) is 54.7 Å². The molecule has 1 unspecified atom stereocenters. The molecule has 1 atom stereocenters. The molecule has 6 heteroatoms. The second kappa shape index (κ2) is 8.52. The lowest BCUT2D eigenvalue weighted by Gasteiger charge is -2.17. The zero-order valence-corrected chi connectivity index (χ0v) is 19.6.